The van der Waals surface area contributed by atoms with Crippen molar-refractivity contribution in [2.75, 3.05) is 5.32 Å². The lowest BCUT2D eigenvalue weighted by Crippen LogP contribution is -2.15. The van der Waals surface area contributed by atoms with Gasteiger partial charge in [-0.1, -0.05) is 0 Å². The van der Waals surface area contributed by atoms with E-state index in [0.717, 1.165) is 54.5 Å². The number of rotatable bonds is 5. The number of hydrogen-bond acceptors (Lipinski definition) is 8. The molecule has 0 aliphatic carbocycles. The number of thiazole rings is 1. The van der Waals surface area contributed by atoms with Crippen molar-refractivity contribution in [3.63, 3.8) is 0 Å². The number of nitrogens with one attached hydrogen (secondary N) is 1. The highest BCUT2D eigenvalue weighted by atomic mass is 32.1. The molecule has 0 amide bonds. The Hall–Kier alpha value is -2.82. The number of hydrogen-bond donors (Lipinski definition) is 1. The Morgan fingerprint density at radius 1 is 1.33 bits per heavy atom. The van der Waals surface area contributed by atoms with E-state index < -0.39 is 4.92 Å². The van der Waals surface area contributed by atoms with Crippen LogP contribution in [0.3, 0.4) is 0 Å². The summed E-state index contributed by atoms with van der Waals surface area (Å²) in [5, 5.41) is 26.9. The van der Waals surface area contributed by atoms with Crippen LogP contribution in [0.5, 0.6) is 0 Å². The lowest BCUT2D eigenvalue weighted by atomic mass is 10.2. The van der Waals surface area contributed by atoms with Gasteiger partial charge in [0.2, 0.25) is 0 Å². The molecule has 0 fully saturated rings. The predicted octanol–water partition coefficient (Wildman–Crippen LogP) is 1.97. The Kier molecular flexibility index (Phi) is 3.69. The maximum atomic E-state index is 10.7. The lowest BCUT2D eigenvalue weighted by Gasteiger charge is -2.14. The Balaban J connectivity index is 1.46. The van der Waals surface area contributed by atoms with Gasteiger partial charge in [-0.2, -0.15) is 5.10 Å². The Morgan fingerprint density at radius 3 is 3.08 bits per heavy atom. The van der Waals surface area contributed by atoms with Gasteiger partial charge >= 0.3 is 5.00 Å². The molecule has 0 unspecified atom stereocenters. The standard InChI is InChI=1S/C13H14N8O2S/c22-21(23)12-6-14-13(24-12)16-9-5-15-19(7-9)8-11-18-17-10-3-1-2-4-20(10)11/h5-7H,1-4,8H2,(H,14,16). The minimum absolute atomic E-state index is 0.0000188. The van der Waals surface area contributed by atoms with Crippen molar-refractivity contribution in [2.45, 2.75) is 32.4 Å². The summed E-state index contributed by atoms with van der Waals surface area (Å²) in [7, 11) is 0. The molecule has 1 aliphatic rings. The van der Waals surface area contributed by atoms with E-state index in [1.54, 1.807) is 10.9 Å². The van der Waals surface area contributed by atoms with Crippen molar-refractivity contribution in [3.05, 3.63) is 40.4 Å². The second-order valence-electron chi connectivity index (χ2n) is 5.45. The predicted molar refractivity (Wildman–Crippen MR) is 86.3 cm³/mol. The Labute approximate surface area is 140 Å². The summed E-state index contributed by atoms with van der Waals surface area (Å²) >= 11 is 0.984. The summed E-state index contributed by atoms with van der Waals surface area (Å²) in [5.41, 5.74) is 0.720. The van der Waals surface area contributed by atoms with Gasteiger partial charge in [-0.3, -0.25) is 14.8 Å². The smallest absolute Gasteiger partial charge is 0.329 e. The van der Waals surface area contributed by atoms with Crippen LogP contribution in [0, 0.1) is 10.1 Å². The van der Waals surface area contributed by atoms with Crippen LogP contribution in [-0.4, -0.2) is 34.5 Å². The first-order chi connectivity index (χ1) is 11.7. The third-order valence-corrected chi connectivity index (χ3v) is 4.66. The Bertz CT molecular complexity index is 882. The second-order valence-corrected chi connectivity index (χ2v) is 6.46. The fraction of sp³-hybridized carbons (Fsp3) is 0.385. The molecule has 3 aromatic heterocycles. The summed E-state index contributed by atoms with van der Waals surface area (Å²) in [6.07, 6.45) is 7.99. The fourth-order valence-electron chi connectivity index (χ4n) is 2.68. The van der Waals surface area contributed by atoms with Crippen molar-refractivity contribution in [3.8, 4) is 0 Å². The highest BCUT2D eigenvalue weighted by Crippen LogP contribution is 2.27. The van der Waals surface area contributed by atoms with Gasteiger partial charge in [0, 0.05) is 19.2 Å². The molecule has 124 valence electrons. The Morgan fingerprint density at radius 2 is 2.25 bits per heavy atom. The van der Waals surface area contributed by atoms with Crippen molar-refractivity contribution >= 4 is 27.2 Å². The molecule has 4 rings (SSSR count). The van der Waals surface area contributed by atoms with E-state index in [0.29, 0.717) is 11.7 Å². The number of anilines is 2. The number of fused-ring (bicyclic) bond motifs is 1. The van der Waals surface area contributed by atoms with E-state index in [2.05, 4.69) is 30.2 Å². The highest BCUT2D eigenvalue weighted by Gasteiger charge is 2.16. The maximum Gasteiger partial charge on any atom is 0.345 e. The molecule has 24 heavy (non-hydrogen) atoms. The van der Waals surface area contributed by atoms with E-state index in [4.69, 9.17) is 0 Å². The van der Waals surface area contributed by atoms with Crippen molar-refractivity contribution in [1.29, 1.82) is 0 Å². The van der Waals surface area contributed by atoms with Gasteiger partial charge in [0.15, 0.2) is 11.0 Å². The molecule has 0 bridgehead atoms. The van der Waals surface area contributed by atoms with E-state index in [-0.39, 0.29) is 5.00 Å². The lowest BCUT2D eigenvalue weighted by molar-refractivity contribution is -0.380. The molecule has 1 aliphatic heterocycles. The molecular formula is C13H14N8O2S. The molecule has 4 heterocycles. The van der Waals surface area contributed by atoms with Crippen LogP contribution in [0.4, 0.5) is 15.8 Å². The van der Waals surface area contributed by atoms with Crippen molar-refractivity contribution in [2.24, 2.45) is 0 Å². The van der Waals surface area contributed by atoms with Crippen LogP contribution in [0.1, 0.15) is 24.5 Å². The van der Waals surface area contributed by atoms with Gasteiger partial charge in [0.05, 0.1) is 16.8 Å². The number of aryl methyl sites for hydroxylation is 1. The average molecular weight is 346 g/mol. The average Bonchev–Trinajstić information content (AvgIpc) is 3.29. The molecular weight excluding hydrogens is 332 g/mol. The zero-order valence-corrected chi connectivity index (χ0v) is 13.4. The van der Waals surface area contributed by atoms with Gasteiger partial charge in [-0.25, -0.2) is 4.98 Å². The van der Waals surface area contributed by atoms with E-state index in [1.165, 1.54) is 6.20 Å². The summed E-state index contributed by atoms with van der Waals surface area (Å²) in [5.74, 6) is 1.93. The molecule has 10 nitrogen and oxygen atoms in total. The van der Waals surface area contributed by atoms with Gasteiger partial charge in [0.25, 0.3) is 0 Å². The summed E-state index contributed by atoms with van der Waals surface area (Å²) in [6.45, 7) is 1.49. The second kappa shape index (κ2) is 6.00. The van der Waals surface area contributed by atoms with Gasteiger partial charge in [0.1, 0.15) is 18.6 Å². The molecule has 0 radical (unpaired) electrons. The van der Waals surface area contributed by atoms with Gasteiger partial charge < -0.3 is 9.88 Å². The van der Waals surface area contributed by atoms with E-state index in [1.807, 2.05) is 6.20 Å². The number of nitrogens with zero attached hydrogens (tertiary/aromatic N) is 7. The maximum absolute atomic E-state index is 10.7. The van der Waals surface area contributed by atoms with Crippen LogP contribution >= 0.6 is 11.3 Å². The quantitative estimate of drug-likeness (QED) is 0.554. The first kappa shape index (κ1) is 14.8. The third kappa shape index (κ3) is 2.85. The molecule has 0 saturated carbocycles. The van der Waals surface area contributed by atoms with Crippen molar-refractivity contribution < 1.29 is 4.92 Å². The minimum atomic E-state index is -0.458. The molecule has 0 atom stereocenters. The van der Waals surface area contributed by atoms with Gasteiger partial charge in [-0.05, 0) is 24.2 Å². The molecule has 3 aromatic rings. The molecule has 1 N–H and O–H groups in total. The zero-order chi connectivity index (χ0) is 16.5. The molecule has 11 heteroatoms. The summed E-state index contributed by atoms with van der Waals surface area (Å²) in [4.78, 5) is 14.2. The highest BCUT2D eigenvalue weighted by molar-refractivity contribution is 7.18. The minimum Gasteiger partial charge on any atom is -0.329 e. The number of aromatic nitrogens is 6. The van der Waals surface area contributed by atoms with Crippen molar-refractivity contribution in [1.82, 2.24) is 29.5 Å². The fourth-order valence-corrected chi connectivity index (χ4v) is 3.33. The van der Waals surface area contributed by atoms with Crippen LogP contribution in [0.15, 0.2) is 18.6 Å². The first-order valence-electron chi connectivity index (χ1n) is 7.50. The monoisotopic (exact) mass is 346 g/mol. The number of nitro groups is 1. The van der Waals surface area contributed by atoms with E-state index >= 15 is 0 Å². The van der Waals surface area contributed by atoms with E-state index in [9.17, 15) is 10.1 Å². The normalized spacial score (nSPS) is 13.7. The molecule has 0 saturated heterocycles. The topological polar surface area (TPSA) is 117 Å². The summed E-state index contributed by atoms with van der Waals surface area (Å²) in [6, 6.07) is 0. The molecule has 0 aromatic carbocycles. The molecule has 0 spiro atoms. The first-order valence-corrected chi connectivity index (χ1v) is 8.31. The third-order valence-electron chi connectivity index (χ3n) is 3.80. The van der Waals surface area contributed by atoms with Crippen LogP contribution in [0.2, 0.25) is 0 Å². The largest absolute Gasteiger partial charge is 0.345 e. The van der Waals surface area contributed by atoms with Gasteiger partial charge in [-0.15, -0.1) is 10.2 Å². The summed E-state index contributed by atoms with van der Waals surface area (Å²) < 4.78 is 3.92. The van der Waals surface area contributed by atoms with Crippen LogP contribution in [-0.2, 0) is 19.5 Å². The zero-order valence-electron chi connectivity index (χ0n) is 12.6. The van der Waals surface area contributed by atoms with Crippen LogP contribution < -0.4 is 5.32 Å². The van der Waals surface area contributed by atoms with Crippen LogP contribution in [0.25, 0.3) is 0 Å². The SMILES string of the molecule is O=[N+]([O-])c1cnc(Nc2cnn(Cc3nnc4n3CCCC4)c2)s1.